The van der Waals surface area contributed by atoms with E-state index in [2.05, 4.69) is 19.9 Å². The van der Waals surface area contributed by atoms with Crippen LogP contribution < -0.4 is 0 Å². The van der Waals surface area contributed by atoms with Gasteiger partial charge in [0.15, 0.2) is 0 Å². The van der Waals surface area contributed by atoms with Crippen molar-refractivity contribution in [3.63, 3.8) is 0 Å². The van der Waals surface area contributed by atoms with E-state index in [4.69, 9.17) is 0 Å². The summed E-state index contributed by atoms with van der Waals surface area (Å²) in [6, 6.07) is 5.52. The van der Waals surface area contributed by atoms with Gasteiger partial charge in [-0.15, -0.1) is 0 Å². The molecule has 1 aliphatic heterocycles. The van der Waals surface area contributed by atoms with E-state index in [0.717, 1.165) is 23.8 Å². The van der Waals surface area contributed by atoms with E-state index in [9.17, 15) is 4.79 Å². The molecule has 1 atom stereocenters. The minimum atomic E-state index is -0.000154. The molecule has 0 radical (unpaired) electrons. The molecular formula is C18H18N6O. The van der Waals surface area contributed by atoms with E-state index >= 15 is 0 Å². The zero-order valence-electron chi connectivity index (χ0n) is 13.9. The smallest absolute Gasteiger partial charge is 0.255 e. The van der Waals surface area contributed by atoms with Crippen LogP contribution >= 0.6 is 0 Å². The van der Waals surface area contributed by atoms with Crippen LogP contribution in [0.4, 0.5) is 0 Å². The molecule has 3 aromatic rings. The number of likely N-dealkylation sites (tertiary alicyclic amines) is 1. The van der Waals surface area contributed by atoms with E-state index in [1.54, 1.807) is 35.6 Å². The van der Waals surface area contributed by atoms with E-state index in [-0.39, 0.29) is 11.8 Å². The average Bonchev–Trinajstić information content (AvgIpc) is 3.33. The van der Waals surface area contributed by atoms with Crippen LogP contribution in [0, 0.1) is 6.92 Å². The van der Waals surface area contributed by atoms with Crippen molar-refractivity contribution in [3.05, 3.63) is 66.4 Å². The van der Waals surface area contributed by atoms with Crippen molar-refractivity contribution >= 4 is 5.91 Å². The van der Waals surface area contributed by atoms with Crippen LogP contribution in [0.1, 0.15) is 34.2 Å². The first-order valence-electron chi connectivity index (χ1n) is 8.24. The molecule has 7 nitrogen and oxygen atoms in total. The highest BCUT2D eigenvalue weighted by molar-refractivity contribution is 5.94. The van der Waals surface area contributed by atoms with Crippen LogP contribution in [-0.2, 0) is 0 Å². The largest absolute Gasteiger partial charge is 0.338 e. The van der Waals surface area contributed by atoms with Crippen molar-refractivity contribution in [1.29, 1.82) is 0 Å². The number of aryl methyl sites for hydroxylation is 1. The third kappa shape index (κ3) is 3.13. The van der Waals surface area contributed by atoms with Gasteiger partial charge in [0.1, 0.15) is 18.0 Å². The van der Waals surface area contributed by atoms with Crippen molar-refractivity contribution in [3.8, 4) is 5.82 Å². The predicted octanol–water partition coefficient (Wildman–Crippen LogP) is 2.00. The molecule has 4 heterocycles. The van der Waals surface area contributed by atoms with Crippen molar-refractivity contribution in [2.75, 3.05) is 13.1 Å². The number of carbonyl (C=O) groups is 1. The fourth-order valence-electron chi connectivity index (χ4n) is 3.06. The Morgan fingerprint density at radius 2 is 2.12 bits per heavy atom. The van der Waals surface area contributed by atoms with Gasteiger partial charge in [-0.1, -0.05) is 0 Å². The molecule has 1 aliphatic rings. The SMILES string of the molecule is Cc1ccnc([C@H]2CCN(C(=O)c3ccc(-n4ccnc4)nc3)C2)n1. The van der Waals surface area contributed by atoms with Gasteiger partial charge in [0.05, 0.1) is 5.56 Å². The Kier molecular flexibility index (Phi) is 3.97. The lowest BCUT2D eigenvalue weighted by atomic mass is 10.1. The summed E-state index contributed by atoms with van der Waals surface area (Å²) in [6.45, 7) is 3.31. The zero-order valence-corrected chi connectivity index (χ0v) is 13.9. The summed E-state index contributed by atoms with van der Waals surface area (Å²) in [5.74, 6) is 1.76. The van der Waals surface area contributed by atoms with Gasteiger partial charge in [-0.25, -0.2) is 19.9 Å². The molecule has 0 unspecified atom stereocenters. The number of nitrogens with zero attached hydrogens (tertiary/aromatic N) is 6. The molecule has 4 rings (SSSR count). The first kappa shape index (κ1) is 15.4. The molecule has 0 spiro atoms. The van der Waals surface area contributed by atoms with Gasteiger partial charge in [0, 0.05) is 49.5 Å². The number of carbonyl (C=O) groups excluding carboxylic acids is 1. The summed E-state index contributed by atoms with van der Waals surface area (Å²) < 4.78 is 1.80. The Balaban J connectivity index is 1.46. The summed E-state index contributed by atoms with van der Waals surface area (Å²) in [5, 5.41) is 0. The van der Waals surface area contributed by atoms with E-state index in [1.165, 1.54) is 0 Å². The van der Waals surface area contributed by atoms with E-state index in [0.29, 0.717) is 18.7 Å². The molecule has 1 saturated heterocycles. The summed E-state index contributed by atoms with van der Waals surface area (Å²) in [6.07, 6.45) is 9.47. The van der Waals surface area contributed by atoms with Crippen LogP contribution in [0.2, 0.25) is 0 Å². The molecule has 1 amide bonds. The maximum absolute atomic E-state index is 12.7. The molecule has 3 aromatic heterocycles. The number of amides is 1. The average molecular weight is 334 g/mol. The number of rotatable bonds is 3. The van der Waals surface area contributed by atoms with Crippen LogP contribution in [0.15, 0.2) is 49.3 Å². The lowest BCUT2D eigenvalue weighted by molar-refractivity contribution is 0.0790. The Morgan fingerprint density at radius 1 is 1.20 bits per heavy atom. The first-order valence-corrected chi connectivity index (χ1v) is 8.24. The van der Waals surface area contributed by atoms with Gasteiger partial charge in [-0.3, -0.25) is 9.36 Å². The molecule has 0 saturated carbocycles. The third-order valence-corrected chi connectivity index (χ3v) is 4.42. The predicted molar refractivity (Wildman–Crippen MR) is 91.4 cm³/mol. The highest BCUT2D eigenvalue weighted by Gasteiger charge is 2.29. The fraction of sp³-hybridized carbons (Fsp3) is 0.278. The van der Waals surface area contributed by atoms with Crippen LogP contribution in [0.5, 0.6) is 0 Å². The number of pyridine rings is 1. The van der Waals surface area contributed by atoms with Gasteiger partial charge in [0.2, 0.25) is 0 Å². The van der Waals surface area contributed by atoms with Crippen molar-refractivity contribution in [2.24, 2.45) is 0 Å². The van der Waals surface area contributed by atoms with Gasteiger partial charge in [-0.2, -0.15) is 0 Å². The standard InChI is InChI=1S/C18H18N6O/c1-13-4-6-20-17(22-13)15-5-8-23(11-15)18(25)14-2-3-16(21-10-14)24-9-7-19-12-24/h2-4,6-7,9-10,12,15H,5,8,11H2,1H3/t15-/m0/s1. The second-order valence-electron chi connectivity index (χ2n) is 6.17. The molecule has 126 valence electrons. The van der Waals surface area contributed by atoms with Gasteiger partial charge in [0.25, 0.3) is 5.91 Å². The molecule has 0 aliphatic carbocycles. The van der Waals surface area contributed by atoms with E-state index < -0.39 is 0 Å². The van der Waals surface area contributed by atoms with Crippen molar-refractivity contribution in [2.45, 2.75) is 19.3 Å². The molecule has 25 heavy (non-hydrogen) atoms. The molecule has 7 heteroatoms. The van der Waals surface area contributed by atoms with Crippen molar-refractivity contribution < 1.29 is 4.79 Å². The quantitative estimate of drug-likeness (QED) is 0.732. The molecule has 0 bridgehead atoms. The summed E-state index contributed by atoms with van der Waals surface area (Å²) >= 11 is 0. The fourth-order valence-corrected chi connectivity index (χ4v) is 3.06. The summed E-state index contributed by atoms with van der Waals surface area (Å²) in [7, 11) is 0. The number of hydrogen-bond acceptors (Lipinski definition) is 5. The topological polar surface area (TPSA) is 76.8 Å². The summed E-state index contributed by atoms with van der Waals surface area (Å²) in [5.41, 5.74) is 1.55. The van der Waals surface area contributed by atoms with E-state index in [1.807, 2.05) is 30.2 Å². The molecule has 1 fully saturated rings. The number of hydrogen-bond donors (Lipinski definition) is 0. The van der Waals surface area contributed by atoms with Gasteiger partial charge in [-0.05, 0) is 31.5 Å². The maximum atomic E-state index is 12.7. The lowest BCUT2D eigenvalue weighted by Crippen LogP contribution is -2.28. The Hall–Kier alpha value is -3.09. The normalized spacial score (nSPS) is 17.0. The van der Waals surface area contributed by atoms with Crippen LogP contribution in [-0.4, -0.2) is 48.4 Å². The monoisotopic (exact) mass is 334 g/mol. The van der Waals surface area contributed by atoms with Crippen LogP contribution in [0.3, 0.4) is 0 Å². The summed E-state index contributed by atoms with van der Waals surface area (Å²) in [4.78, 5) is 31.8. The maximum Gasteiger partial charge on any atom is 0.255 e. The number of aromatic nitrogens is 5. The molecular weight excluding hydrogens is 316 g/mol. The highest BCUT2D eigenvalue weighted by atomic mass is 16.2. The minimum absolute atomic E-state index is 0.000154. The Morgan fingerprint density at radius 3 is 2.84 bits per heavy atom. The molecule has 0 aromatic carbocycles. The number of imidazole rings is 1. The van der Waals surface area contributed by atoms with Crippen LogP contribution in [0.25, 0.3) is 5.82 Å². The second kappa shape index (κ2) is 6.43. The Bertz CT molecular complexity index is 875. The lowest BCUT2D eigenvalue weighted by Gasteiger charge is -2.16. The zero-order chi connectivity index (χ0) is 17.2. The third-order valence-electron chi connectivity index (χ3n) is 4.42. The second-order valence-corrected chi connectivity index (χ2v) is 6.17. The molecule has 0 N–H and O–H groups in total. The van der Waals surface area contributed by atoms with Crippen molar-refractivity contribution in [1.82, 2.24) is 29.4 Å². The Labute approximate surface area is 145 Å². The first-order chi connectivity index (χ1) is 12.2. The van der Waals surface area contributed by atoms with Gasteiger partial charge >= 0.3 is 0 Å². The van der Waals surface area contributed by atoms with Gasteiger partial charge < -0.3 is 4.90 Å². The minimum Gasteiger partial charge on any atom is -0.338 e. The highest BCUT2D eigenvalue weighted by Crippen LogP contribution is 2.25.